The summed E-state index contributed by atoms with van der Waals surface area (Å²) in [6.45, 7) is -0.114. The molecule has 1 rings (SSSR count). The van der Waals surface area contributed by atoms with E-state index in [-0.39, 0.29) is 26.2 Å². The second-order valence-corrected chi connectivity index (χ2v) is 3.51. The third-order valence-corrected chi connectivity index (χ3v) is 2.15. The molecule has 1 heterocycles. The number of hydrazine groups is 1. The Morgan fingerprint density at radius 1 is 1.47 bits per heavy atom. The van der Waals surface area contributed by atoms with E-state index in [1.165, 1.54) is 4.90 Å². The molecule has 4 N–H and O–H groups in total. The van der Waals surface area contributed by atoms with Gasteiger partial charge < -0.3 is 10.5 Å². The quantitative estimate of drug-likeness (QED) is 0.480. The molecule has 0 saturated carbocycles. The van der Waals surface area contributed by atoms with Crippen molar-refractivity contribution in [3.63, 3.8) is 0 Å². The maximum Gasteiger partial charge on any atom is 0.251 e. The Balaban J connectivity index is 2.64. The van der Waals surface area contributed by atoms with E-state index in [9.17, 15) is 8.78 Å². The number of rotatable bonds is 7. The van der Waals surface area contributed by atoms with Gasteiger partial charge in [-0.25, -0.2) is 19.6 Å². The first-order chi connectivity index (χ1) is 8.15. The number of nitrogens with two attached hydrogens (primary N) is 1. The van der Waals surface area contributed by atoms with Gasteiger partial charge in [0, 0.05) is 13.1 Å². The standard InChI is InChI=1S/C10H16F2N4O/c11-9(12)7-16(4-5-17)6-8-2-1-3-10(14-8)15-13/h1-3,9,17H,4-7,13H2,(H,14,15). The van der Waals surface area contributed by atoms with E-state index in [1.807, 2.05) is 0 Å². The Bertz CT molecular complexity index is 338. The van der Waals surface area contributed by atoms with Crippen LogP contribution >= 0.6 is 0 Å². The Labute approximate surface area is 98.2 Å². The highest BCUT2D eigenvalue weighted by Crippen LogP contribution is 2.08. The van der Waals surface area contributed by atoms with Crippen LogP contribution in [0.25, 0.3) is 0 Å². The predicted octanol–water partition coefficient (Wildman–Crippen LogP) is 0.427. The normalized spacial score (nSPS) is 11.2. The Kier molecular flexibility index (Phi) is 5.75. The highest BCUT2D eigenvalue weighted by atomic mass is 19.3. The van der Waals surface area contributed by atoms with Gasteiger partial charge in [-0.3, -0.25) is 4.90 Å². The maximum absolute atomic E-state index is 12.3. The highest BCUT2D eigenvalue weighted by Gasteiger charge is 2.12. The molecule has 5 nitrogen and oxygen atoms in total. The lowest BCUT2D eigenvalue weighted by Gasteiger charge is -2.20. The number of nitrogens with zero attached hydrogens (tertiary/aromatic N) is 2. The zero-order chi connectivity index (χ0) is 12.7. The van der Waals surface area contributed by atoms with Gasteiger partial charge in [0.05, 0.1) is 18.8 Å². The van der Waals surface area contributed by atoms with Gasteiger partial charge in [-0.1, -0.05) is 6.07 Å². The summed E-state index contributed by atoms with van der Waals surface area (Å²) in [6.07, 6.45) is -2.43. The first kappa shape index (κ1) is 13.8. The summed E-state index contributed by atoms with van der Waals surface area (Å²) in [6, 6.07) is 5.13. The van der Waals surface area contributed by atoms with Crippen molar-refractivity contribution in [1.82, 2.24) is 9.88 Å². The number of anilines is 1. The molecule has 1 aromatic rings. The van der Waals surface area contributed by atoms with Crippen LogP contribution in [-0.4, -0.2) is 41.1 Å². The third-order valence-electron chi connectivity index (χ3n) is 2.15. The summed E-state index contributed by atoms with van der Waals surface area (Å²) in [5, 5.41) is 8.79. The van der Waals surface area contributed by atoms with Gasteiger partial charge in [0.2, 0.25) is 0 Å². The Morgan fingerprint density at radius 3 is 2.82 bits per heavy atom. The molecule has 0 atom stereocenters. The molecule has 0 fully saturated rings. The number of aromatic nitrogens is 1. The number of halogens is 2. The van der Waals surface area contributed by atoms with Crippen LogP contribution in [0.1, 0.15) is 5.69 Å². The maximum atomic E-state index is 12.3. The van der Waals surface area contributed by atoms with Gasteiger partial charge >= 0.3 is 0 Å². The van der Waals surface area contributed by atoms with Crippen molar-refractivity contribution in [2.75, 3.05) is 25.1 Å². The number of aliphatic hydroxyl groups excluding tert-OH is 1. The molecule has 96 valence electrons. The van der Waals surface area contributed by atoms with Crippen LogP contribution in [0.3, 0.4) is 0 Å². The van der Waals surface area contributed by atoms with Crippen LogP contribution in [-0.2, 0) is 6.54 Å². The molecular formula is C10H16F2N4O. The van der Waals surface area contributed by atoms with E-state index >= 15 is 0 Å². The molecule has 0 aromatic carbocycles. The number of alkyl halides is 2. The van der Waals surface area contributed by atoms with Crippen molar-refractivity contribution in [2.45, 2.75) is 13.0 Å². The molecule has 0 saturated heterocycles. The SMILES string of the molecule is NNc1cccc(CN(CCO)CC(F)F)n1. The van der Waals surface area contributed by atoms with Crippen LogP contribution in [0.5, 0.6) is 0 Å². The largest absolute Gasteiger partial charge is 0.395 e. The Hall–Kier alpha value is -1.31. The smallest absolute Gasteiger partial charge is 0.251 e. The van der Waals surface area contributed by atoms with Crippen molar-refractivity contribution in [1.29, 1.82) is 0 Å². The van der Waals surface area contributed by atoms with E-state index in [1.54, 1.807) is 18.2 Å². The molecule has 1 aromatic heterocycles. The fourth-order valence-electron chi connectivity index (χ4n) is 1.45. The first-order valence-corrected chi connectivity index (χ1v) is 5.19. The van der Waals surface area contributed by atoms with E-state index in [2.05, 4.69) is 10.4 Å². The monoisotopic (exact) mass is 246 g/mol. The zero-order valence-corrected chi connectivity index (χ0v) is 9.31. The lowest BCUT2D eigenvalue weighted by atomic mass is 10.3. The van der Waals surface area contributed by atoms with Gasteiger partial charge in [-0.2, -0.15) is 0 Å². The minimum atomic E-state index is -2.43. The topological polar surface area (TPSA) is 74.4 Å². The summed E-state index contributed by atoms with van der Waals surface area (Å²) in [7, 11) is 0. The van der Waals surface area contributed by atoms with Gasteiger partial charge in [-0.15, -0.1) is 0 Å². The fourth-order valence-corrected chi connectivity index (χ4v) is 1.45. The van der Waals surface area contributed by atoms with Crippen LogP contribution in [0.15, 0.2) is 18.2 Å². The predicted molar refractivity (Wildman–Crippen MR) is 60.4 cm³/mol. The van der Waals surface area contributed by atoms with Crippen molar-refractivity contribution < 1.29 is 13.9 Å². The summed E-state index contributed by atoms with van der Waals surface area (Å²) in [5.74, 6) is 5.68. The van der Waals surface area contributed by atoms with Crippen LogP contribution in [0.4, 0.5) is 14.6 Å². The van der Waals surface area contributed by atoms with Crippen molar-refractivity contribution in [3.8, 4) is 0 Å². The Morgan fingerprint density at radius 2 is 2.24 bits per heavy atom. The number of hydrogen-bond acceptors (Lipinski definition) is 5. The minimum Gasteiger partial charge on any atom is -0.395 e. The first-order valence-electron chi connectivity index (χ1n) is 5.19. The molecule has 0 aliphatic carbocycles. The lowest BCUT2D eigenvalue weighted by Crippen LogP contribution is -2.31. The molecule has 0 radical (unpaired) electrons. The van der Waals surface area contributed by atoms with Gasteiger partial charge in [0.1, 0.15) is 5.82 Å². The number of aliphatic hydroxyl groups is 1. The number of hydrogen-bond donors (Lipinski definition) is 3. The fraction of sp³-hybridized carbons (Fsp3) is 0.500. The zero-order valence-electron chi connectivity index (χ0n) is 9.31. The molecule has 0 aliphatic rings. The second kappa shape index (κ2) is 7.10. The average molecular weight is 246 g/mol. The molecule has 17 heavy (non-hydrogen) atoms. The number of nitrogens with one attached hydrogen (secondary N) is 1. The highest BCUT2D eigenvalue weighted by molar-refractivity contribution is 5.33. The molecule has 0 spiro atoms. The van der Waals surface area contributed by atoms with Crippen molar-refractivity contribution >= 4 is 5.82 Å². The van der Waals surface area contributed by atoms with Gasteiger partial charge in [0.25, 0.3) is 6.43 Å². The average Bonchev–Trinajstić information content (AvgIpc) is 2.29. The van der Waals surface area contributed by atoms with Crippen LogP contribution in [0, 0.1) is 0 Å². The number of pyridine rings is 1. The van der Waals surface area contributed by atoms with E-state index < -0.39 is 6.43 Å². The van der Waals surface area contributed by atoms with Gasteiger partial charge in [-0.05, 0) is 12.1 Å². The molecule has 0 aliphatic heterocycles. The molecule has 0 amide bonds. The van der Waals surface area contributed by atoms with Crippen molar-refractivity contribution in [3.05, 3.63) is 23.9 Å². The summed E-state index contributed by atoms with van der Waals surface area (Å²) < 4.78 is 24.6. The molecular weight excluding hydrogens is 230 g/mol. The molecule has 7 heteroatoms. The van der Waals surface area contributed by atoms with Crippen molar-refractivity contribution in [2.24, 2.45) is 5.84 Å². The third kappa shape index (κ3) is 5.03. The second-order valence-electron chi connectivity index (χ2n) is 3.51. The van der Waals surface area contributed by atoms with Crippen LogP contribution < -0.4 is 11.3 Å². The minimum absolute atomic E-state index is 0.165. The molecule has 0 unspecified atom stereocenters. The van der Waals surface area contributed by atoms with Crippen LogP contribution in [0.2, 0.25) is 0 Å². The summed E-state index contributed by atoms with van der Waals surface area (Å²) >= 11 is 0. The van der Waals surface area contributed by atoms with E-state index in [0.717, 1.165) is 0 Å². The summed E-state index contributed by atoms with van der Waals surface area (Å²) in [5.41, 5.74) is 3.01. The number of nitrogen functional groups attached to an aromatic ring is 1. The molecule has 0 bridgehead atoms. The summed E-state index contributed by atoms with van der Waals surface area (Å²) in [4.78, 5) is 5.55. The lowest BCUT2D eigenvalue weighted by molar-refractivity contribution is 0.0741. The van der Waals surface area contributed by atoms with E-state index in [0.29, 0.717) is 11.5 Å². The van der Waals surface area contributed by atoms with Gasteiger partial charge in [0.15, 0.2) is 0 Å². The van der Waals surface area contributed by atoms with E-state index in [4.69, 9.17) is 10.9 Å².